The van der Waals surface area contributed by atoms with Crippen molar-refractivity contribution in [2.24, 2.45) is 5.92 Å². The molecule has 0 aliphatic carbocycles. The van der Waals surface area contributed by atoms with Gasteiger partial charge in [0.05, 0.1) is 20.1 Å². The van der Waals surface area contributed by atoms with Gasteiger partial charge in [-0.15, -0.1) is 0 Å². The molecule has 0 unspecified atom stereocenters. The number of nitrogens with zero attached hydrogens (tertiary/aromatic N) is 1. The predicted molar refractivity (Wildman–Crippen MR) is 118 cm³/mol. The van der Waals surface area contributed by atoms with E-state index in [2.05, 4.69) is 5.32 Å². The Balaban J connectivity index is 1.86. The molecule has 0 saturated carbocycles. The molecule has 2 amide bonds. The molecular formula is C24H29FN2O5. The number of ether oxygens (including phenoxy) is 3. The second-order valence-corrected chi connectivity index (χ2v) is 7.68. The third-order valence-corrected chi connectivity index (χ3v) is 5.70. The molecule has 1 fully saturated rings. The lowest BCUT2D eigenvalue weighted by atomic mass is 9.87. The van der Waals surface area contributed by atoms with E-state index < -0.39 is 11.7 Å². The number of carbonyl (C=O) groups excluding carboxylic acids is 2. The predicted octanol–water partition coefficient (Wildman–Crippen LogP) is 2.85. The molecule has 0 spiro atoms. The van der Waals surface area contributed by atoms with Crippen LogP contribution in [0.15, 0.2) is 42.5 Å². The first kappa shape index (κ1) is 23.5. The Bertz CT molecular complexity index is 934. The minimum absolute atomic E-state index is 0.126. The lowest BCUT2D eigenvalue weighted by molar-refractivity contribution is -0.125. The van der Waals surface area contributed by atoms with Gasteiger partial charge in [0, 0.05) is 56.5 Å². The smallest absolute Gasteiger partial charge is 0.253 e. The minimum atomic E-state index is -0.454. The maximum Gasteiger partial charge on any atom is 0.253 e. The van der Waals surface area contributed by atoms with E-state index >= 15 is 0 Å². The Kier molecular flexibility index (Phi) is 8.05. The van der Waals surface area contributed by atoms with Gasteiger partial charge in [0.25, 0.3) is 5.91 Å². The highest BCUT2D eigenvalue weighted by molar-refractivity contribution is 5.95. The molecular weight excluding hydrogens is 415 g/mol. The number of hydrogen-bond donors (Lipinski definition) is 1. The number of carbonyl (C=O) groups is 2. The van der Waals surface area contributed by atoms with Gasteiger partial charge < -0.3 is 24.4 Å². The second-order valence-electron chi connectivity index (χ2n) is 7.68. The first-order valence-electron chi connectivity index (χ1n) is 10.5. The van der Waals surface area contributed by atoms with Crippen LogP contribution in [0.2, 0.25) is 0 Å². The number of nitrogens with one attached hydrogen (secondary N) is 1. The summed E-state index contributed by atoms with van der Waals surface area (Å²) in [5, 5.41) is 2.95. The fraction of sp³-hybridized carbons (Fsp3) is 0.417. The van der Waals surface area contributed by atoms with E-state index in [1.165, 1.54) is 24.3 Å². The first-order chi connectivity index (χ1) is 15.5. The van der Waals surface area contributed by atoms with Crippen molar-refractivity contribution < 1.29 is 28.2 Å². The van der Waals surface area contributed by atoms with Gasteiger partial charge in [-0.05, 0) is 36.8 Å². The summed E-state index contributed by atoms with van der Waals surface area (Å²) in [6, 6.07) is 10.9. The molecule has 8 heteroatoms. The van der Waals surface area contributed by atoms with Gasteiger partial charge in [-0.2, -0.15) is 0 Å². The molecule has 0 bridgehead atoms. The number of amides is 2. The number of rotatable bonds is 9. The van der Waals surface area contributed by atoms with Gasteiger partial charge in [-0.25, -0.2) is 4.39 Å². The standard InChI is InChI=1S/C24H29FN2O5/c1-30-12-4-11-26-23(28)21-15-27(24(29)16-5-7-17(25)8-6-16)14-20(21)19-10-9-18(31-2)13-22(19)32-3/h5-10,13,20-21H,4,11-12,14-15H2,1-3H3,(H,26,28)/t20-,21+/m1/s1. The van der Waals surface area contributed by atoms with Crippen LogP contribution in [0.5, 0.6) is 11.5 Å². The van der Waals surface area contributed by atoms with Gasteiger partial charge in [0.2, 0.25) is 5.91 Å². The van der Waals surface area contributed by atoms with Crippen LogP contribution < -0.4 is 14.8 Å². The van der Waals surface area contributed by atoms with Crippen LogP contribution >= 0.6 is 0 Å². The highest BCUT2D eigenvalue weighted by atomic mass is 19.1. The summed E-state index contributed by atoms with van der Waals surface area (Å²) < 4.78 is 29.2. The molecule has 0 radical (unpaired) electrons. The summed E-state index contributed by atoms with van der Waals surface area (Å²) in [5.41, 5.74) is 1.22. The van der Waals surface area contributed by atoms with Crippen LogP contribution in [0.25, 0.3) is 0 Å². The van der Waals surface area contributed by atoms with E-state index in [0.29, 0.717) is 43.2 Å². The number of likely N-dealkylation sites (tertiary alicyclic amines) is 1. The van der Waals surface area contributed by atoms with Gasteiger partial charge in [-0.1, -0.05) is 6.07 Å². The van der Waals surface area contributed by atoms with E-state index in [9.17, 15) is 14.0 Å². The fourth-order valence-electron chi connectivity index (χ4n) is 4.01. The van der Waals surface area contributed by atoms with E-state index in [1.54, 1.807) is 32.3 Å². The van der Waals surface area contributed by atoms with Crippen LogP contribution in [0, 0.1) is 11.7 Å². The number of methoxy groups -OCH3 is 3. The molecule has 32 heavy (non-hydrogen) atoms. The van der Waals surface area contributed by atoms with Gasteiger partial charge in [0.15, 0.2) is 0 Å². The quantitative estimate of drug-likeness (QED) is 0.602. The number of halogens is 1. The van der Waals surface area contributed by atoms with Crippen LogP contribution in [0.3, 0.4) is 0 Å². The monoisotopic (exact) mass is 444 g/mol. The molecule has 172 valence electrons. The Labute approximate surface area is 187 Å². The van der Waals surface area contributed by atoms with Crippen LogP contribution in [-0.2, 0) is 9.53 Å². The molecule has 1 heterocycles. The Morgan fingerprint density at radius 1 is 1.06 bits per heavy atom. The summed E-state index contributed by atoms with van der Waals surface area (Å²) in [5.74, 6) is -0.245. The minimum Gasteiger partial charge on any atom is -0.497 e. The van der Waals surface area contributed by atoms with Gasteiger partial charge >= 0.3 is 0 Å². The second kappa shape index (κ2) is 10.9. The zero-order valence-electron chi connectivity index (χ0n) is 18.6. The molecule has 1 aliphatic heterocycles. The van der Waals surface area contributed by atoms with Crippen molar-refractivity contribution in [3.8, 4) is 11.5 Å². The molecule has 3 rings (SSSR count). The molecule has 0 aromatic heterocycles. The lowest BCUT2D eigenvalue weighted by Gasteiger charge is -2.21. The molecule has 1 N–H and O–H groups in total. The van der Waals surface area contributed by atoms with Gasteiger partial charge in [0.1, 0.15) is 17.3 Å². The maximum absolute atomic E-state index is 13.3. The lowest BCUT2D eigenvalue weighted by Crippen LogP contribution is -2.36. The Hall–Kier alpha value is -3.13. The summed E-state index contributed by atoms with van der Waals surface area (Å²) >= 11 is 0. The highest BCUT2D eigenvalue weighted by Gasteiger charge is 2.41. The van der Waals surface area contributed by atoms with E-state index in [1.807, 2.05) is 12.1 Å². The van der Waals surface area contributed by atoms with Crippen molar-refractivity contribution >= 4 is 11.8 Å². The average Bonchev–Trinajstić information content (AvgIpc) is 3.26. The molecule has 1 saturated heterocycles. The number of hydrogen-bond acceptors (Lipinski definition) is 5. The molecule has 1 aliphatic rings. The summed E-state index contributed by atoms with van der Waals surface area (Å²) in [4.78, 5) is 27.8. The normalized spacial score (nSPS) is 17.8. The van der Waals surface area contributed by atoms with E-state index in [-0.39, 0.29) is 24.3 Å². The third kappa shape index (κ3) is 5.37. The summed E-state index contributed by atoms with van der Waals surface area (Å²) in [7, 11) is 4.75. The van der Waals surface area contributed by atoms with Crippen LogP contribution in [0.1, 0.15) is 28.3 Å². The fourth-order valence-corrected chi connectivity index (χ4v) is 4.01. The molecule has 2 aromatic carbocycles. The van der Waals surface area contributed by atoms with E-state index in [4.69, 9.17) is 14.2 Å². The summed E-state index contributed by atoms with van der Waals surface area (Å²) in [6.07, 6.45) is 0.698. The van der Waals surface area contributed by atoms with Crippen LogP contribution in [-0.4, -0.2) is 64.3 Å². The van der Waals surface area contributed by atoms with Crippen LogP contribution in [0.4, 0.5) is 4.39 Å². The number of benzene rings is 2. The largest absolute Gasteiger partial charge is 0.497 e. The van der Waals surface area contributed by atoms with Crippen molar-refractivity contribution in [3.63, 3.8) is 0 Å². The Morgan fingerprint density at radius 2 is 1.81 bits per heavy atom. The highest BCUT2D eigenvalue weighted by Crippen LogP contribution is 2.39. The zero-order chi connectivity index (χ0) is 23.1. The first-order valence-corrected chi connectivity index (χ1v) is 10.5. The van der Waals surface area contributed by atoms with Crippen molar-refractivity contribution in [2.45, 2.75) is 12.3 Å². The molecule has 2 atom stereocenters. The van der Waals surface area contributed by atoms with Gasteiger partial charge in [-0.3, -0.25) is 9.59 Å². The van der Waals surface area contributed by atoms with Crippen molar-refractivity contribution in [1.29, 1.82) is 0 Å². The SMILES string of the molecule is COCCCNC(=O)[C@H]1CN(C(=O)c2ccc(F)cc2)C[C@@H]1c1ccc(OC)cc1OC. The molecule has 2 aromatic rings. The van der Waals surface area contributed by atoms with E-state index in [0.717, 1.165) is 5.56 Å². The average molecular weight is 445 g/mol. The van der Waals surface area contributed by atoms with Crippen molar-refractivity contribution in [2.75, 3.05) is 47.6 Å². The third-order valence-electron chi connectivity index (χ3n) is 5.70. The Morgan fingerprint density at radius 3 is 2.47 bits per heavy atom. The summed E-state index contributed by atoms with van der Waals surface area (Å²) in [6.45, 7) is 1.64. The van der Waals surface area contributed by atoms with Crippen molar-refractivity contribution in [1.82, 2.24) is 10.2 Å². The zero-order valence-corrected chi connectivity index (χ0v) is 18.6. The molecule has 7 nitrogen and oxygen atoms in total. The maximum atomic E-state index is 13.3. The van der Waals surface area contributed by atoms with Crippen molar-refractivity contribution in [3.05, 3.63) is 59.4 Å². The topological polar surface area (TPSA) is 77.1 Å².